The first kappa shape index (κ1) is 31.8. The van der Waals surface area contributed by atoms with Gasteiger partial charge in [0.2, 0.25) is 0 Å². The lowest BCUT2D eigenvalue weighted by atomic mass is 9.92. The first-order chi connectivity index (χ1) is 26.7. The molecule has 0 saturated carbocycles. The lowest BCUT2D eigenvalue weighted by molar-refractivity contribution is 0.207. The van der Waals surface area contributed by atoms with Crippen LogP contribution < -0.4 is 11.1 Å². The van der Waals surface area contributed by atoms with Crippen molar-refractivity contribution in [2.24, 2.45) is 10.7 Å². The molecule has 5 nitrogen and oxygen atoms in total. The predicted molar refractivity (Wildman–Crippen MR) is 224 cm³/mol. The summed E-state index contributed by atoms with van der Waals surface area (Å²) >= 11 is 0. The molecular formula is C49H37N5. The molecule has 2 heterocycles. The summed E-state index contributed by atoms with van der Waals surface area (Å²) in [5.41, 5.74) is 18.1. The number of hydrogen-bond donors (Lipinski definition) is 2. The minimum absolute atomic E-state index is 0.158. The van der Waals surface area contributed by atoms with Gasteiger partial charge in [-0.3, -0.25) is 0 Å². The van der Waals surface area contributed by atoms with Crippen molar-refractivity contribution in [3.8, 4) is 16.8 Å². The van der Waals surface area contributed by atoms with Crippen LogP contribution in [-0.4, -0.2) is 15.3 Å². The van der Waals surface area contributed by atoms with Gasteiger partial charge in [0.25, 0.3) is 0 Å². The summed E-state index contributed by atoms with van der Waals surface area (Å²) in [6, 6.07) is 68.2. The normalized spacial score (nSPS) is 14.6. The maximum absolute atomic E-state index is 7.00. The Morgan fingerprint density at radius 2 is 1.11 bits per heavy atom. The van der Waals surface area contributed by atoms with E-state index in [0.717, 1.165) is 50.6 Å². The molecule has 2 atom stereocenters. The van der Waals surface area contributed by atoms with Gasteiger partial charge in [0.15, 0.2) is 6.17 Å². The monoisotopic (exact) mass is 695 g/mol. The number of hydrogen-bond acceptors (Lipinski definition) is 4. The van der Waals surface area contributed by atoms with Gasteiger partial charge in [-0.1, -0.05) is 152 Å². The van der Waals surface area contributed by atoms with E-state index in [1.54, 1.807) is 0 Å². The molecule has 258 valence electrons. The first-order valence-corrected chi connectivity index (χ1v) is 18.4. The summed E-state index contributed by atoms with van der Waals surface area (Å²) in [6.45, 7) is 0. The van der Waals surface area contributed by atoms with Crippen LogP contribution in [0.3, 0.4) is 0 Å². The van der Waals surface area contributed by atoms with Gasteiger partial charge < -0.3 is 20.5 Å². The smallest absolute Gasteiger partial charge is 0.152 e. The van der Waals surface area contributed by atoms with E-state index in [4.69, 9.17) is 10.7 Å². The molecule has 0 fully saturated rings. The maximum atomic E-state index is 7.00. The molecule has 0 saturated heterocycles. The van der Waals surface area contributed by atoms with Crippen LogP contribution in [-0.2, 0) is 0 Å². The van der Waals surface area contributed by atoms with E-state index in [2.05, 4.69) is 185 Å². The fraction of sp³-hybridized carbons (Fsp3) is 0.0408. The Morgan fingerprint density at radius 3 is 1.81 bits per heavy atom. The zero-order valence-corrected chi connectivity index (χ0v) is 29.5. The van der Waals surface area contributed by atoms with Gasteiger partial charge in [-0.25, -0.2) is 4.99 Å². The van der Waals surface area contributed by atoms with Crippen LogP contribution in [0.2, 0.25) is 0 Å². The third-order valence-corrected chi connectivity index (χ3v) is 10.6. The predicted octanol–water partition coefficient (Wildman–Crippen LogP) is 11.8. The van der Waals surface area contributed by atoms with Gasteiger partial charge in [0, 0.05) is 38.7 Å². The average molecular weight is 696 g/mol. The number of para-hydroxylation sites is 2. The van der Waals surface area contributed by atoms with Crippen LogP contribution in [0, 0.1) is 0 Å². The quantitative estimate of drug-likeness (QED) is 0.166. The molecule has 1 aromatic heterocycles. The summed E-state index contributed by atoms with van der Waals surface area (Å²) in [5.74, 6) is 0.890. The minimum atomic E-state index is -0.346. The number of nitrogens with one attached hydrogen (secondary N) is 1. The maximum Gasteiger partial charge on any atom is 0.152 e. The van der Waals surface area contributed by atoms with E-state index < -0.39 is 0 Å². The molecule has 10 rings (SSSR count). The van der Waals surface area contributed by atoms with Crippen molar-refractivity contribution in [1.29, 1.82) is 0 Å². The van der Waals surface area contributed by atoms with E-state index in [-0.39, 0.29) is 12.3 Å². The van der Waals surface area contributed by atoms with Crippen molar-refractivity contribution in [1.82, 2.24) is 9.47 Å². The highest BCUT2D eigenvalue weighted by atomic mass is 15.4. The zero-order valence-electron chi connectivity index (χ0n) is 29.5. The number of fused-ring (bicyclic) bond motifs is 5. The second-order valence-corrected chi connectivity index (χ2v) is 13.8. The van der Waals surface area contributed by atoms with Crippen LogP contribution >= 0.6 is 0 Å². The van der Waals surface area contributed by atoms with Crippen molar-refractivity contribution in [2.75, 3.05) is 5.32 Å². The minimum Gasteiger partial charge on any atom is -0.354 e. The van der Waals surface area contributed by atoms with Gasteiger partial charge in [-0.05, 0) is 64.5 Å². The van der Waals surface area contributed by atoms with Crippen molar-refractivity contribution >= 4 is 49.8 Å². The fourth-order valence-electron chi connectivity index (χ4n) is 8.12. The number of anilines is 2. The highest BCUT2D eigenvalue weighted by Gasteiger charge is 2.37. The second-order valence-electron chi connectivity index (χ2n) is 13.8. The third-order valence-electron chi connectivity index (χ3n) is 10.6. The molecule has 54 heavy (non-hydrogen) atoms. The number of nitrogens with two attached hydrogens (primary N) is 1. The van der Waals surface area contributed by atoms with Crippen LogP contribution in [0.25, 0.3) is 49.4 Å². The molecule has 0 amide bonds. The third kappa shape index (κ3) is 5.25. The second kappa shape index (κ2) is 13.2. The zero-order chi connectivity index (χ0) is 36.0. The molecule has 1 unspecified atom stereocenters. The number of aliphatic imine (C=N–C) groups is 1. The fourth-order valence-corrected chi connectivity index (χ4v) is 8.12. The molecule has 3 N–H and O–H groups in total. The molecule has 0 spiro atoms. The van der Waals surface area contributed by atoms with E-state index in [0.29, 0.717) is 0 Å². The molecule has 1 aliphatic rings. The van der Waals surface area contributed by atoms with Gasteiger partial charge in [0.05, 0.1) is 16.7 Å². The lowest BCUT2D eigenvalue weighted by Crippen LogP contribution is -2.48. The Hall–Kier alpha value is -6.95. The highest BCUT2D eigenvalue weighted by Crippen LogP contribution is 2.48. The summed E-state index contributed by atoms with van der Waals surface area (Å²) < 4.78 is 2.42. The van der Waals surface area contributed by atoms with Gasteiger partial charge >= 0.3 is 0 Å². The van der Waals surface area contributed by atoms with Crippen LogP contribution in [0.1, 0.15) is 29.0 Å². The Kier molecular flexibility index (Phi) is 7.78. The van der Waals surface area contributed by atoms with Crippen molar-refractivity contribution in [2.45, 2.75) is 12.3 Å². The first-order valence-electron chi connectivity index (χ1n) is 18.4. The lowest BCUT2D eigenvalue weighted by Gasteiger charge is -2.44. The summed E-state index contributed by atoms with van der Waals surface area (Å²) in [4.78, 5) is 7.40. The Morgan fingerprint density at radius 1 is 0.537 bits per heavy atom. The molecular weight excluding hydrogens is 659 g/mol. The van der Waals surface area contributed by atoms with Crippen molar-refractivity contribution < 1.29 is 0 Å². The number of benzene rings is 8. The van der Waals surface area contributed by atoms with E-state index in [1.807, 2.05) is 24.3 Å². The van der Waals surface area contributed by atoms with Gasteiger partial charge in [-0.15, -0.1) is 0 Å². The number of rotatable bonds is 8. The molecule has 1 aliphatic heterocycles. The average Bonchev–Trinajstić information content (AvgIpc) is 3.58. The topological polar surface area (TPSA) is 58.6 Å². The standard InChI is InChI=1S/C49H37N5/c50-47(34-19-7-2-8-20-34)54-48(35-21-9-3-10-22-35)52-49(54)36-29-31-38(32-30-36)53-42-28-16-15-27-41(42)44-45(51-37-23-11-4-12-24-37)43(33-17-5-1-6-18-33)39-25-13-14-26-40(39)46(44)53/h1-32,47-48,51H,50H2/t47?,48-/m0/s1. The Balaban J connectivity index is 1.17. The van der Waals surface area contributed by atoms with Crippen LogP contribution in [0.5, 0.6) is 0 Å². The number of aromatic nitrogens is 1. The Bertz CT molecular complexity index is 2790. The number of nitrogens with zero attached hydrogens (tertiary/aromatic N) is 3. The molecule has 0 aliphatic carbocycles. The van der Waals surface area contributed by atoms with Gasteiger partial charge in [-0.2, -0.15) is 0 Å². The summed E-state index contributed by atoms with van der Waals surface area (Å²) in [6.07, 6.45) is -0.504. The van der Waals surface area contributed by atoms with E-state index >= 15 is 0 Å². The van der Waals surface area contributed by atoms with E-state index in [1.165, 1.54) is 32.7 Å². The molecule has 0 radical (unpaired) electrons. The molecule has 0 bridgehead atoms. The van der Waals surface area contributed by atoms with Gasteiger partial charge in [0.1, 0.15) is 12.0 Å². The Labute approximate surface area is 314 Å². The van der Waals surface area contributed by atoms with Crippen LogP contribution in [0.15, 0.2) is 199 Å². The van der Waals surface area contributed by atoms with Crippen LogP contribution in [0.4, 0.5) is 11.4 Å². The largest absolute Gasteiger partial charge is 0.354 e. The molecule has 8 aromatic carbocycles. The molecule has 5 heteroatoms. The number of amidine groups is 1. The van der Waals surface area contributed by atoms with Crippen molar-refractivity contribution in [3.63, 3.8) is 0 Å². The summed E-state index contributed by atoms with van der Waals surface area (Å²) in [7, 11) is 0. The molecule has 9 aromatic rings. The highest BCUT2D eigenvalue weighted by molar-refractivity contribution is 6.28. The van der Waals surface area contributed by atoms with Crippen molar-refractivity contribution in [3.05, 3.63) is 211 Å². The SMILES string of the molecule is NC(c1ccccc1)N1C(c2ccc(-n3c4ccccc4c4c(Nc5ccccc5)c(-c5ccccc5)c5ccccc5c43)cc2)=N[C@@H]1c1ccccc1. The van der Waals surface area contributed by atoms with E-state index in [9.17, 15) is 0 Å². The summed E-state index contributed by atoms with van der Waals surface area (Å²) in [5, 5.41) is 8.66.